The second-order valence-corrected chi connectivity index (χ2v) is 5.48. The third-order valence-corrected chi connectivity index (χ3v) is 3.80. The van der Waals surface area contributed by atoms with Crippen molar-refractivity contribution in [3.8, 4) is 11.3 Å². The largest absolute Gasteiger partial charge is 0.269 e. The van der Waals surface area contributed by atoms with E-state index in [4.69, 9.17) is 0 Å². The summed E-state index contributed by atoms with van der Waals surface area (Å²) in [6, 6.07) is 16.0. The van der Waals surface area contributed by atoms with Crippen LogP contribution >= 0.6 is 11.3 Å². The van der Waals surface area contributed by atoms with Crippen molar-refractivity contribution in [1.82, 2.24) is 4.98 Å². The number of aromatic nitrogens is 1. The molecule has 0 aliphatic carbocycles. The van der Waals surface area contributed by atoms with Gasteiger partial charge >= 0.3 is 0 Å². The Morgan fingerprint density at radius 3 is 2.57 bits per heavy atom. The average molecular weight is 324 g/mol. The number of non-ortho nitro benzene ring substituents is 1. The molecule has 1 N–H and O–H groups in total. The third kappa shape index (κ3) is 3.78. The minimum Gasteiger partial charge on any atom is -0.258 e. The second-order valence-electron chi connectivity index (χ2n) is 4.62. The van der Waals surface area contributed by atoms with E-state index in [2.05, 4.69) is 15.5 Å². The van der Waals surface area contributed by atoms with E-state index in [0.29, 0.717) is 5.13 Å². The zero-order chi connectivity index (χ0) is 16.1. The summed E-state index contributed by atoms with van der Waals surface area (Å²) in [5.41, 5.74) is 5.52. The number of rotatable bonds is 5. The summed E-state index contributed by atoms with van der Waals surface area (Å²) >= 11 is 1.42. The topological polar surface area (TPSA) is 80.4 Å². The van der Waals surface area contributed by atoms with Crippen molar-refractivity contribution in [3.63, 3.8) is 0 Å². The highest BCUT2D eigenvalue weighted by Gasteiger charge is 2.07. The van der Waals surface area contributed by atoms with Crippen LogP contribution in [0, 0.1) is 10.1 Å². The molecule has 3 rings (SSSR count). The molecule has 114 valence electrons. The van der Waals surface area contributed by atoms with Crippen molar-refractivity contribution in [1.29, 1.82) is 0 Å². The lowest BCUT2D eigenvalue weighted by atomic mass is 10.1. The first-order valence-electron chi connectivity index (χ1n) is 6.77. The summed E-state index contributed by atoms with van der Waals surface area (Å²) in [5.74, 6) is 0. The predicted molar refractivity (Wildman–Crippen MR) is 91.9 cm³/mol. The van der Waals surface area contributed by atoms with Crippen LogP contribution in [-0.2, 0) is 0 Å². The van der Waals surface area contributed by atoms with E-state index in [1.54, 1.807) is 18.3 Å². The maximum atomic E-state index is 10.7. The van der Waals surface area contributed by atoms with Gasteiger partial charge in [-0.15, -0.1) is 11.3 Å². The van der Waals surface area contributed by atoms with Crippen molar-refractivity contribution in [3.05, 3.63) is 75.7 Å². The van der Waals surface area contributed by atoms with Gasteiger partial charge in [-0.05, 0) is 17.7 Å². The Balaban J connectivity index is 1.68. The van der Waals surface area contributed by atoms with Gasteiger partial charge in [-0.1, -0.05) is 30.3 Å². The molecule has 0 spiro atoms. The third-order valence-electron chi connectivity index (χ3n) is 3.05. The fourth-order valence-electron chi connectivity index (χ4n) is 1.91. The molecule has 3 aromatic rings. The van der Waals surface area contributed by atoms with Crippen molar-refractivity contribution in [2.45, 2.75) is 0 Å². The van der Waals surface area contributed by atoms with E-state index in [1.807, 2.05) is 35.7 Å². The van der Waals surface area contributed by atoms with E-state index >= 15 is 0 Å². The number of thiazole rings is 1. The molecule has 2 aromatic carbocycles. The van der Waals surface area contributed by atoms with Gasteiger partial charge in [0.1, 0.15) is 0 Å². The Morgan fingerprint density at radius 1 is 1.13 bits per heavy atom. The van der Waals surface area contributed by atoms with E-state index in [9.17, 15) is 10.1 Å². The van der Waals surface area contributed by atoms with Gasteiger partial charge in [0.2, 0.25) is 5.13 Å². The van der Waals surface area contributed by atoms with Gasteiger partial charge in [-0.2, -0.15) is 5.10 Å². The van der Waals surface area contributed by atoms with Gasteiger partial charge in [-0.3, -0.25) is 15.5 Å². The Labute approximate surface area is 136 Å². The molecule has 0 atom stereocenters. The highest BCUT2D eigenvalue weighted by atomic mass is 32.1. The van der Waals surface area contributed by atoms with Crippen LogP contribution in [-0.4, -0.2) is 16.1 Å². The van der Waals surface area contributed by atoms with E-state index in [1.165, 1.54) is 23.5 Å². The van der Waals surface area contributed by atoms with Crippen LogP contribution in [0.15, 0.2) is 65.1 Å². The first kappa shape index (κ1) is 14.9. The first-order chi connectivity index (χ1) is 11.2. The SMILES string of the molecule is O=[N+]([O-])c1ccc(-c2csc(N/N=C\c3ccccc3)n2)cc1. The molecule has 0 amide bonds. The maximum absolute atomic E-state index is 10.7. The smallest absolute Gasteiger partial charge is 0.258 e. The number of hydrogen-bond acceptors (Lipinski definition) is 6. The zero-order valence-corrected chi connectivity index (χ0v) is 12.7. The van der Waals surface area contributed by atoms with Gasteiger partial charge < -0.3 is 0 Å². The number of anilines is 1. The monoisotopic (exact) mass is 324 g/mol. The lowest BCUT2D eigenvalue weighted by molar-refractivity contribution is -0.384. The lowest BCUT2D eigenvalue weighted by Crippen LogP contribution is -1.90. The predicted octanol–water partition coefficient (Wildman–Crippen LogP) is 4.16. The van der Waals surface area contributed by atoms with Crippen LogP contribution in [0.2, 0.25) is 0 Å². The summed E-state index contributed by atoms with van der Waals surface area (Å²) in [5, 5.41) is 17.3. The molecule has 1 aromatic heterocycles. The number of hydrogen-bond donors (Lipinski definition) is 1. The van der Waals surface area contributed by atoms with E-state index < -0.39 is 4.92 Å². The van der Waals surface area contributed by atoms with E-state index in [0.717, 1.165) is 16.8 Å². The summed E-state index contributed by atoms with van der Waals surface area (Å²) < 4.78 is 0. The lowest BCUT2D eigenvalue weighted by Gasteiger charge is -1.96. The number of nitro groups is 1. The molecule has 0 bridgehead atoms. The Hall–Kier alpha value is -3.06. The minimum absolute atomic E-state index is 0.0646. The number of hydrazone groups is 1. The van der Waals surface area contributed by atoms with Gasteiger partial charge in [0.25, 0.3) is 5.69 Å². The molecule has 0 aliphatic rings. The molecule has 1 heterocycles. The van der Waals surface area contributed by atoms with Crippen LogP contribution in [0.1, 0.15) is 5.56 Å². The van der Waals surface area contributed by atoms with Gasteiger partial charge in [0.15, 0.2) is 0 Å². The summed E-state index contributed by atoms with van der Waals surface area (Å²) in [6.07, 6.45) is 1.72. The minimum atomic E-state index is -0.421. The molecule has 0 radical (unpaired) electrons. The number of nitrogens with one attached hydrogen (secondary N) is 1. The summed E-state index contributed by atoms with van der Waals surface area (Å²) in [4.78, 5) is 14.6. The normalized spacial score (nSPS) is 10.8. The van der Waals surface area contributed by atoms with Gasteiger partial charge in [0.05, 0.1) is 16.8 Å². The van der Waals surface area contributed by atoms with Crippen LogP contribution in [0.3, 0.4) is 0 Å². The standard InChI is InChI=1S/C16H12N4O2S/c21-20(22)14-8-6-13(7-9-14)15-11-23-16(18-15)19-17-10-12-4-2-1-3-5-12/h1-11H,(H,18,19)/b17-10-. The molecule has 0 saturated heterocycles. The quantitative estimate of drug-likeness (QED) is 0.434. The maximum Gasteiger partial charge on any atom is 0.269 e. The number of benzene rings is 2. The van der Waals surface area contributed by atoms with Crippen molar-refractivity contribution in [2.24, 2.45) is 5.10 Å². The van der Waals surface area contributed by atoms with Crippen LogP contribution in [0.5, 0.6) is 0 Å². The van der Waals surface area contributed by atoms with Crippen molar-refractivity contribution < 1.29 is 4.92 Å². The number of nitro benzene ring substituents is 1. The zero-order valence-electron chi connectivity index (χ0n) is 11.9. The van der Waals surface area contributed by atoms with Crippen LogP contribution < -0.4 is 5.43 Å². The van der Waals surface area contributed by atoms with Crippen LogP contribution in [0.4, 0.5) is 10.8 Å². The summed E-state index contributed by atoms with van der Waals surface area (Å²) in [7, 11) is 0. The van der Waals surface area contributed by atoms with Crippen LogP contribution in [0.25, 0.3) is 11.3 Å². The second kappa shape index (κ2) is 6.80. The Bertz CT molecular complexity index is 829. The average Bonchev–Trinajstić information content (AvgIpc) is 3.05. The fraction of sp³-hybridized carbons (Fsp3) is 0. The molecule has 7 heteroatoms. The van der Waals surface area contributed by atoms with Gasteiger partial charge in [-0.25, -0.2) is 4.98 Å². The Morgan fingerprint density at radius 2 is 1.87 bits per heavy atom. The Kier molecular flexibility index (Phi) is 4.39. The summed E-state index contributed by atoms with van der Waals surface area (Å²) in [6.45, 7) is 0. The molecule has 0 saturated carbocycles. The van der Waals surface area contributed by atoms with E-state index in [-0.39, 0.29) is 5.69 Å². The van der Waals surface area contributed by atoms with Gasteiger partial charge in [0, 0.05) is 23.1 Å². The molecular formula is C16H12N4O2S. The molecule has 6 nitrogen and oxygen atoms in total. The molecule has 0 unspecified atom stereocenters. The molecule has 23 heavy (non-hydrogen) atoms. The number of nitrogens with zero attached hydrogens (tertiary/aromatic N) is 3. The highest BCUT2D eigenvalue weighted by molar-refractivity contribution is 7.14. The molecular weight excluding hydrogens is 312 g/mol. The molecule has 0 fully saturated rings. The molecule has 0 aliphatic heterocycles. The van der Waals surface area contributed by atoms with Crippen molar-refractivity contribution in [2.75, 3.05) is 5.43 Å². The van der Waals surface area contributed by atoms with Crippen molar-refractivity contribution >= 4 is 28.4 Å². The first-order valence-corrected chi connectivity index (χ1v) is 7.65. The highest BCUT2D eigenvalue weighted by Crippen LogP contribution is 2.26. The fourth-order valence-corrected chi connectivity index (χ4v) is 2.58.